The van der Waals surface area contributed by atoms with E-state index < -0.39 is 41.1 Å². The largest absolute Gasteiger partial charge is 0.353 e. The van der Waals surface area contributed by atoms with E-state index in [2.05, 4.69) is 34.8 Å². The zero-order valence-corrected chi connectivity index (χ0v) is 26.0. The lowest BCUT2D eigenvalue weighted by atomic mass is 9.84. The smallest absolute Gasteiger partial charge is 0.289 e. The van der Waals surface area contributed by atoms with Gasteiger partial charge in [0.2, 0.25) is 23.5 Å². The van der Waals surface area contributed by atoms with Crippen LogP contribution in [0.4, 0.5) is 0 Å². The minimum absolute atomic E-state index is 0.0936. The van der Waals surface area contributed by atoms with Gasteiger partial charge in [-0.2, -0.15) is 0 Å². The van der Waals surface area contributed by atoms with Crippen LogP contribution in [0.5, 0.6) is 0 Å². The molecule has 0 bridgehead atoms. The van der Waals surface area contributed by atoms with Crippen molar-refractivity contribution in [1.82, 2.24) is 25.8 Å². The standard InChI is InChI=1S/C31H47N5O5/c1-29(2,3)16-21(37)35-25(30(4,5)6)28(41)36-17-19-22(31(19,7)8)23(36)26(39)34-20(24(38)27(40)32-9)14-13-18-12-10-11-15-33-18/h10-12,15,19-20,22-23,25H,13-14,16-17H2,1-9H3,(H,32,40)(H,34,39)(H,35,37)/t19-,20-,22-,23-,25+/m0/s1. The number of amides is 4. The lowest BCUT2D eigenvalue weighted by molar-refractivity contribution is -0.146. The van der Waals surface area contributed by atoms with Crippen molar-refractivity contribution in [3.8, 4) is 0 Å². The number of carbonyl (C=O) groups excluding carboxylic acids is 5. The second kappa shape index (κ2) is 11.9. The molecule has 5 atom stereocenters. The molecule has 2 aliphatic rings. The summed E-state index contributed by atoms with van der Waals surface area (Å²) in [6, 6.07) is 2.71. The quantitative estimate of drug-likeness (QED) is 0.370. The highest BCUT2D eigenvalue weighted by Gasteiger charge is 2.69. The van der Waals surface area contributed by atoms with Gasteiger partial charge in [0.1, 0.15) is 12.1 Å². The molecule has 2 fully saturated rings. The summed E-state index contributed by atoms with van der Waals surface area (Å²) in [6.07, 6.45) is 2.47. The predicted molar refractivity (Wildman–Crippen MR) is 155 cm³/mol. The predicted octanol–water partition coefficient (Wildman–Crippen LogP) is 2.26. The highest BCUT2D eigenvalue weighted by Crippen LogP contribution is 2.65. The lowest BCUT2D eigenvalue weighted by Crippen LogP contribution is -2.60. The fraction of sp³-hybridized carbons (Fsp3) is 0.677. The van der Waals surface area contributed by atoms with Crippen LogP contribution in [0.1, 0.15) is 73.9 Å². The van der Waals surface area contributed by atoms with E-state index in [0.29, 0.717) is 13.0 Å². The van der Waals surface area contributed by atoms with Gasteiger partial charge in [-0.25, -0.2) is 0 Å². The van der Waals surface area contributed by atoms with Crippen molar-refractivity contribution in [2.24, 2.45) is 28.1 Å². The Morgan fingerprint density at radius 3 is 2.24 bits per heavy atom. The number of aromatic nitrogens is 1. The Labute approximate surface area is 243 Å². The van der Waals surface area contributed by atoms with Gasteiger partial charge in [-0.3, -0.25) is 29.0 Å². The van der Waals surface area contributed by atoms with E-state index in [1.54, 1.807) is 17.2 Å². The summed E-state index contributed by atoms with van der Waals surface area (Å²) in [7, 11) is 1.37. The van der Waals surface area contributed by atoms with Crippen LogP contribution in [0, 0.1) is 28.1 Å². The maximum absolute atomic E-state index is 14.1. The number of piperidine rings is 1. The minimum Gasteiger partial charge on any atom is -0.353 e. The number of carbonyl (C=O) groups is 5. The molecule has 1 saturated heterocycles. The van der Waals surface area contributed by atoms with Crippen molar-refractivity contribution in [1.29, 1.82) is 0 Å². The molecule has 226 valence electrons. The Bertz CT molecular complexity index is 1170. The molecule has 3 N–H and O–H groups in total. The summed E-state index contributed by atoms with van der Waals surface area (Å²) in [5.41, 5.74) is -0.274. The number of likely N-dealkylation sites (N-methyl/N-ethyl adjacent to an activating group) is 1. The second-order valence-corrected chi connectivity index (χ2v) is 14.4. The first-order valence-electron chi connectivity index (χ1n) is 14.4. The Balaban J connectivity index is 1.85. The minimum atomic E-state index is -1.08. The van der Waals surface area contributed by atoms with Gasteiger partial charge in [-0.05, 0) is 53.1 Å². The van der Waals surface area contributed by atoms with Crippen molar-refractivity contribution in [3.63, 3.8) is 0 Å². The summed E-state index contributed by atoms with van der Waals surface area (Å²) in [4.78, 5) is 72.0. The molecule has 41 heavy (non-hydrogen) atoms. The summed E-state index contributed by atoms with van der Waals surface area (Å²) in [5, 5.41) is 8.11. The van der Waals surface area contributed by atoms with E-state index in [1.807, 2.05) is 53.7 Å². The van der Waals surface area contributed by atoms with E-state index in [1.165, 1.54) is 7.05 Å². The fourth-order valence-electron chi connectivity index (χ4n) is 5.97. The Morgan fingerprint density at radius 1 is 1.05 bits per heavy atom. The van der Waals surface area contributed by atoms with Gasteiger partial charge in [-0.1, -0.05) is 61.5 Å². The van der Waals surface area contributed by atoms with Crippen LogP contribution in [0.3, 0.4) is 0 Å². The molecule has 10 heteroatoms. The molecule has 1 saturated carbocycles. The number of aryl methyl sites for hydroxylation is 1. The molecule has 1 aliphatic heterocycles. The molecule has 2 heterocycles. The third kappa shape index (κ3) is 7.51. The van der Waals surface area contributed by atoms with Gasteiger partial charge in [0.05, 0.1) is 6.04 Å². The molecule has 10 nitrogen and oxygen atoms in total. The van der Waals surface area contributed by atoms with E-state index in [4.69, 9.17) is 0 Å². The van der Waals surface area contributed by atoms with E-state index in [0.717, 1.165) is 5.69 Å². The maximum Gasteiger partial charge on any atom is 0.289 e. The average molecular weight is 570 g/mol. The number of nitrogens with one attached hydrogen (secondary N) is 3. The van der Waals surface area contributed by atoms with Gasteiger partial charge < -0.3 is 20.9 Å². The third-order valence-corrected chi connectivity index (χ3v) is 8.37. The number of fused-ring (bicyclic) bond motifs is 1. The first kappa shape index (κ1) is 32.2. The molecule has 1 aromatic heterocycles. The maximum atomic E-state index is 14.1. The number of pyridine rings is 1. The lowest BCUT2D eigenvalue weighted by Gasteiger charge is -2.38. The van der Waals surface area contributed by atoms with E-state index in [9.17, 15) is 24.0 Å². The van der Waals surface area contributed by atoms with Crippen LogP contribution >= 0.6 is 0 Å². The molecule has 0 unspecified atom stereocenters. The Kier molecular flexibility index (Phi) is 9.35. The summed E-state index contributed by atoms with van der Waals surface area (Å²) in [6.45, 7) is 16.1. The van der Waals surface area contributed by atoms with Gasteiger partial charge in [0.25, 0.3) is 5.91 Å². The van der Waals surface area contributed by atoms with Crippen LogP contribution in [-0.2, 0) is 30.4 Å². The van der Waals surface area contributed by atoms with Crippen LogP contribution in [0.15, 0.2) is 24.4 Å². The first-order chi connectivity index (χ1) is 18.9. The number of ketones is 1. The van der Waals surface area contributed by atoms with Gasteiger partial charge in [-0.15, -0.1) is 0 Å². The number of hydrogen-bond donors (Lipinski definition) is 3. The molecule has 0 aromatic carbocycles. The van der Waals surface area contributed by atoms with E-state index in [-0.39, 0.29) is 47.3 Å². The second-order valence-electron chi connectivity index (χ2n) is 14.4. The number of rotatable bonds is 10. The molecule has 0 radical (unpaired) electrons. The normalized spacial score (nSPS) is 22.7. The number of nitrogens with zero attached hydrogens (tertiary/aromatic N) is 2. The van der Waals surface area contributed by atoms with Gasteiger partial charge in [0.15, 0.2) is 0 Å². The van der Waals surface area contributed by atoms with E-state index >= 15 is 0 Å². The SMILES string of the molecule is CNC(=O)C(=O)[C@H](CCc1ccccn1)NC(=O)[C@@H]1[C@@H]2[C@H](CN1C(=O)[C@@H](NC(=O)CC(C)(C)C)C(C)(C)C)C2(C)C. The average Bonchev–Trinajstić information content (AvgIpc) is 3.20. The van der Waals surface area contributed by atoms with Crippen molar-refractivity contribution in [2.75, 3.05) is 13.6 Å². The summed E-state index contributed by atoms with van der Waals surface area (Å²) >= 11 is 0. The Morgan fingerprint density at radius 2 is 1.71 bits per heavy atom. The zero-order chi connectivity index (χ0) is 30.9. The zero-order valence-electron chi connectivity index (χ0n) is 26.0. The van der Waals surface area contributed by atoms with Gasteiger partial charge >= 0.3 is 0 Å². The topological polar surface area (TPSA) is 138 Å². The molecule has 3 rings (SSSR count). The molecule has 4 amide bonds. The van der Waals surface area contributed by atoms with Crippen LogP contribution < -0.4 is 16.0 Å². The molecule has 1 aromatic rings. The summed E-state index contributed by atoms with van der Waals surface area (Å²) < 4.78 is 0. The van der Waals surface area contributed by atoms with Gasteiger partial charge in [0, 0.05) is 31.9 Å². The Hall–Kier alpha value is -3.30. The van der Waals surface area contributed by atoms with Crippen molar-refractivity contribution in [3.05, 3.63) is 30.1 Å². The highest BCUT2D eigenvalue weighted by atomic mass is 16.2. The highest BCUT2D eigenvalue weighted by molar-refractivity contribution is 6.38. The van der Waals surface area contributed by atoms with Crippen LogP contribution in [-0.4, -0.2) is 71.0 Å². The molecule has 1 aliphatic carbocycles. The number of hydrogen-bond acceptors (Lipinski definition) is 6. The monoisotopic (exact) mass is 569 g/mol. The van der Waals surface area contributed by atoms with Crippen LogP contribution in [0.25, 0.3) is 0 Å². The third-order valence-electron chi connectivity index (χ3n) is 8.37. The number of Topliss-reactive ketones (excluding diaryl/α,β-unsaturated/α-hetero) is 1. The van der Waals surface area contributed by atoms with Crippen LogP contribution in [0.2, 0.25) is 0 Å². The molecular weight excluding hydrogens is 522 g/mol. The molecular formula is C31H47N5O5. The number of likely N-dealkylation sites (tertiary alicyclic amines) is 1. The van der Waals surface area contributed by atoms with Crippen molar-refractivity contribution < 1.29 is 24.0 Å². The first-order valence-corrected chi connectivity index (χ1v) is 14.4. The van der Waals surface area contributed by atoms with Crippen molar-refractivity contribution >= 4 is 29.4 Å². The van der Waals surface area contributed by atoms with Crippen molar-refractivity contribution in [2.45, 2.75) is 92.8 Å². The molecule has 0 spiro atoms. The fourth-order valence-corrected chi connectivity index (χ4v) is 5.97. The summed E-state index contributed by atoms with van der Waals surface area (Å²) in [5.74, 6) is -2.52.